The van der Waals surface area contributed by atoms with Crippen LogP contribution >= 0.6 is 11.6 Å². The van der Waals surface area contributed by atoms with E-state index in [2.05, 4.69) is 16.8 Å². The Labute approximate surface area is 101 Å². The first kappa shape index (κ1) is 11.9. The Morgan fingerprint density at radius 3 is 2.62 bits per heavy atom. The number of halogens is 1. The van der Waals surface area contributed by atoms with E-state index in [-0.39, 0.29) is 6.04 Å². The molecule has 1 saturated heterocycles. The number of hydrogen-bond acceptors (Lipinski definition) is 4. The Bertz CT molecular complexity index is 334. The van der Waals surface area contributed by atoms with Crippen molar-refractivity contribution < 1.29 is 4.42 Å². The third-order valence-electron chi connectivity index (χ3n) is 3.01. The number of likely N-dealkylation sites (N-methyl/N-ethyl adjacent to an activating group) is 1. The molecule has 1 aliphatic heterocycles. The lowest BCUT2D eigenvalue weighted by Gasteiger charge is -2.33. The summed E-state index contributed by atoms with van der Waals surface area (Å²) < 4.78 is 5.31. The summed E-state index contributed by atoms with van der Waals surface area (Å²) in [5.41, 5.74) is 6.07. The predicted molar refractivity (Wildman–Crippen MR) is 64.6 cm³/mol. The molecule has 0 aliphatic carbocycles. The summed E-state index contributed by atoms with van der Waals surface area (Å²) in [6, 6.07) is 3.50. The first-order chi connectivity index (χ1) is 7.65. The maximum absolute atomic E-state index is 6.07. The second-order valence-electron chi connectivity index (χ2n) is 4.35. The highest BCUT2D eigenvalue weighted by Gasteiger charge is 2.18. The largest absolute Gasteiger partial charge is 0.448 e. The molecule has 2 rings (SSSR count). The second-order valence-corrected chi connectivity index (χ2v) is 4.72. The number of furan rings is 1. The normalized spacial score (nSPS) is 21.2. The van der Waals surface area contributed by atoms with Crippen LogP contribution in [0.4, 0.5) is 0 Å². The van der Waals surface area contributed by atoms with E-state index < -0.39 is 0 Å². The van der Waals surface area contributed by atoms with Crippen LogP contribution in [0.25, 0.3) is 0 Å². The van der Waals surface area contributed by atoms with E-state index in [1.807, 2.05) is 6.07 Å². The fraction of sp³-hybridized carbons (Fsp3) is 0.636. The SMILES string of the molecule is CN1CCN(CC(N)c2ccc(Cl)o2)CC1. The first-order valence-corrected chi connectivity index (χ1v) is 5.94. The third-order valence-corrected chi connectivity index (χ3v) is 3.21. The number of nitrogens with zero attached hydrogens (tertiary/aromatic N) is 2. The number of piperazine rings is 1. The van der Waals surface area contributed by atoms with E-state index in [4.69, 9.17) is 21.8 Å². The fourth-order valence-corrected chi connectivity index (χ4v) is 2.08. The van der Waals surface area contributed by atoms with Crippen molar-refractivity contribution in [3.63, 3.8) is 0 Å². The minimum absolute atomic E-state index is 0.0871. The topological polar surface area (TPSA) is 45.6 Å². The van der Waals surface area contributed by atoms with Crippen LogP contribution in [0, 0.1) is 0 Å². The van der Waals surface area contributed by atoms with Gasteiger partial charge in [-0.1, -0.05) is 0 Å². The van der Waals surface area contributed by atoms with E-state index in [1.54, 1.807) is 6.07 Å². The van der Waals surface area contributed by atoms with Crippen LogP contribution in [0.3, 0.4) is 0 Å². The summed E-state index contributed by atoms with van der Waals surface area (Å²) in [4.78, 5) is 4.69. The van der Waals surface area contributed by atoms with E-state index in [1.165, 1.54) is 0 Å². The molecule has 4 nitrogen and oxygen atoms in total. The summed E-state index contributed by atoms with van der Waals surface area (Å²) >= 11 is 5.72. The van der Waals surface area contributed by atoms with Crippen molar-refractivity contribution in [2.45, 2.75) is 6.04 Å². The van der Waals surface area contributed by atoms with Gasteiger partial charge in [0.05, 0.1) is 6.04 Å². The zero-order chi connectivity index (χ0) is 11.5. The molecule has 16 heavy (non-hydrogen) atoms. The summed E-state index contributed by atoms with van der Waals surface area (Å²) in [6.45, 7) is 5.17. The summed E-state index contributed by atoms with van der Waals surface area (Å²) in [7, 11) is 2.14. The molecule has 1 aromatic heterocycles. The van der Waals surface area contributed by atoms with Crippen LogP contribution in [0.1, 0.15) is 11.8 Å². The molecule has 0 radical (unpaired) electrons. The molecule has 1 aliphatic rings. The van der Waals surface area contributed by atoms with Crippen molar-refractivity contribution in [2.24, 2.45) is 5.73 Å². The molecule has 1 fully saturated rings. The smallest absolute Gasteiger partial charge is 0.193 e. The van der Waals surface area contributed by atoms with Gasteiger partial charge < -0.3 is 15.1 Å². The molecule has 1 aromatic rings. The Morgan fingerprint density at radius 2 is 2.06 bits per heavy atom. The molecule has 2 N–H and O–H groups in total. The van der Waals surface area contributed by atoms with Crippen LogP contribution in [0.5, 0.6) is 0 Å². The first-order valence-electron chi connectivity index (χ1n) is 5.57. The van der Waals surface area contributed by atoms with Gasteiger partial charge in [-0.15, -0.1) is 0 Å². The number of rotatable bonds is 3. The molecule has 5 heteroatoms. The van der Waals surface area contributed by atoms with Crippen molar-refractivity contribution in [1.82, 2.24) is 9.80 Å². The fourth-order valence-electron chi connectivity index (χ4n) is 1.93. The summed E-state index contributed by atoms with van der Waals surface area (Å²) in [5, 5.41) is 0.406. The van der Waals surface area contributed by atoms with Crippen LogP contribution < -0.4 is 5.73 Å². The average Bonchev–Trinajstić information content (AvgIpc) is 2.68. The molecule has 0 amide bonds. The monoisotopic (exact) mass is 243 g/mol. The third kappa shape index (κ3) is 2.98. The van der Waals surface area contributed by atoms with Gasteiger partial charge >= 0.3 is 0 Å². The second kappa shape index (κ2) is 5.19. The molecule has 0 saturated carbocycles. The Morgan fingerprint density at radius 1 is 1.38 bits per heavy atom. The molecular weight excluding hydrogens is 226 g/mol. The van der Waals surface area contributed by atoms with Crippen LogP contribution in [-0.4, -0.2) is 49.6 Å². The van der Waals surface area contributed by atoms with E-state index in [0.717, 1.165) is 38.5 Å². The number of nitrogens with two attached hydrogens (primary N) is 1. The summed E-state index contributed by atoms with van der Waals surface area (Å²) in [6.07, 6.45) is 0. The molecule has 1 unspecified atom stereocenters. The standard InChI is InChI=1S/C11H18ClN3O/c1-14-4-6-15(7-5-14)8-9(13)10-2-3-11(12)16-10/h2-3,9H,4-8,13H2,1H3. The van der Waals surface area contributed by atoms with Gasteiger partial charge in [-0.3, -0.25) is 4.90 Å². The molecule has 90 valence electrons. The molecule has 2 heterocycles. The highest BCUT2D eigenvalue weighted by molar-refractivity contribution is 6.28. The van der Waals surface area contributed by atoms with Gasteiger partial charge in [0.2, 0.25) is 0 Å². The van der Waals surface area contributed by atoms with E-state index in [9.17, 15) is 0 Å². The molecular formula is C11H18ClN3O. The van der Waals surface area contributed by atoms with Crippen molar-refractivity contribution in [2.75, 3.05) is 39.8 Å². The van der Waals surface area contributed by atoms with Gasteiger partial charge in [0.1, 0.15) is 5.76 Å². The minimum Gasteiger partial charge on any atom is -0.448 e. The van der Waals surface area contributed by atoms with Gasteiger partial charge in [0, 0.05) is 32.7 Å². The predicted octanol–water partition coefficient (Wildman–Crippen LogP) is 1.18. The average molecular weight is 244 g/mol. The lowest BCUT2D eigenvalue weighted by Crippen LogP contribution is -2.46. The maximum atomic E-state index is 6.07. The highest BCUT2D eigenvalue weighted by Crippen LogP contribution is 2.19. The van der Waals surface area contributed by atoms with E-state index >= 15 is 0 Å². The Kier molecular flexibility index (Phi) is 3.86. The Hall–Kier alpha value is -0.550. The van der Waals surface area contributed by atoms with Crippen molar-refractivity contribution in [1.29, 1.82) is 0 Å². The van der Waals surface area contributed by atoms with Crippen molar-refractivity contribution in [3.8, 4) is 0 Å². The van der Waals surface area contributed by atoms with Gasteiger partial charge in [-0.25, -0.2) is 0 Å². The quantitative estimate of drug-likeness (QED) is 0.866. The highest BCUT2D eigenvalue weighted by atomic mass is 35.5. The molecule has 0 bridgehead atoms. The van der Waals surface area contributed by atoms with Gasteiger partial charge in [-0.2, -0.15) is 0 Å². The minimum atomic E-state index is -0.0871. The van der Waals surface area contributed by atoms with Gasteiger partial charge in [0.15, 0.2) is 5.22 Å². The molecule has 0 spiro atoms. The van der Waals surface area contributed by atoms with Crippen LogP contribution in [-0.2, 0) is 0 Å². The molecule has 0 aromatic carbocycles. The van der Waals surface area contributed by atoms with Crippen LogP contribution in [0.15, 0.2) is 16.5 Å². The number of hydrogen-bond donors (Lipinski definition) is 1. The van der Waals surface area contributed by atoms with Crippen LogP contribution in [0.2, 0.25) is 5.22 Å². The van der Waals surface area contributed by atoms with Crippen molar-refractivity contribution in [3.05, 3.63) is 23.1 Å². The Balaban J connectivity index is 1.85. The lowest BCUT2D eigenvalue weighted by atomic mass is 10.2. The lowest BCUT2D eigenvalue weighted by molar-refractivity contribution is 0.144. The zero-order valence-electron chi connectivity index (χ0n) is 9.53. The van der Waals surface area contributed by atoms with Crippen molar-refractivity contribution >= 4 is 11.6 Å². The van der Waals surface area contributed by atoms with Gasteiger partial charge in [-0.05, 0) is 30.8 Å². The van der Waals surface area contributed by atoms with E-state index in [0.29, 0.717) is 5.22 Å². The molecule has 1 atom stereocenters. The van der Waals surface area contributed by atoms with Gasteiger partial charge in [0.25, 0.3) is 0 Å². The zero-order valence-corrected chi connectivity index (χ0v) is 10.3. The summed E-state index contributed by atoms with van der Waals surface area (Å²) in [5.74, 6) is 0.768. The maximum Gasteiger partial charge on any atom is 0.193 e.